The first-order valence-corrected chi connectivity index (χ1v) is 4.96. The fourth-order valence-corrected chi connectivity index (χ4v) is 1.91. The number of aromatic nitrogens is 1. The zero-order chi connectivity index (χ0) is 9.26. The van der Waals surface area contributed by atoms with Gasteiger partial charge in [-0.1, -0.05) is 0 Å². The maximum atomic E-state index is 11.6. The van der Waals surface area contributed by atoms with E-state index in [0.717, 1.165) is 11.4 Å². The van der Waals surface area contributed by atoms with Gasteiger partial charge in [0.25, 0.3) is 5.91 Å². The van der Waals surface area contributed by atoms with Gasteiger partial charge in [0.1, 0.15) is 4.88 Å². The molecule has 0 N–H and O–H groups in total. The molecule has 2 heterocycles. The molecule has 13 heavy (non-hydrogen) atoms. The van der Waals surface area contributed by atoms with Crippen LogP contribution >= 0.6 is 11.3 Å². The second-order valence-corrected chi connectivity index (χ2v) is 4.07. The Bertz CT molecular complexity index is 318. The molecule has 1 fully saturated rings. The van der Waals surface area contributed by atoms with E-state index < -0.39 is 0 Å². The quantitative estimate of drug-likeness (QED) is 0.681. The second kappa shape index (κ2) is 3.43. The average Bonchev–Trinajstić information content (AvgIpc) is 2.72. The highest BCUT2D eigenvalue weighted by molar-refractivity contribution is 7.13. The summed E-state index contributed by atoms with van der Waals surface area (Å²) in [5.74, 6) is -0.0666. The minimum atomic E-state index is -0.0666. The highest BCUT2D eigenvalue weighted by Crippen LogP contribution is 2.16. The SMILES string of the molecule is Cc1ncc(C(=O)N2CCCO2)s1. The van der Waals surface area contributed by atoms with E-state index in [9.17, 15) is 4.79 Å². The zero-order valence-electron chi connectivity index (χ0n) is 7.32. The molecule has 1 amide bonds. The Kier molecular flexibility index (Phi) is 2.28. The van der Waals surface area contributed by atoms with Crippen molar-refractivity contribution in [2.24, 2.45) is 0 Å². The number of nitrogens with zero attached hydrogens (tertiary/aromatic N) is 2. The van der Waals surface area contributed by atoms with Crippen LogP contribution in [-0.4, -0.2) is 29.1 Å². The van der Waals surface area contributed by atoms with Gasteiger partial charge in [-0.15, -0.1) is 11.3 Å². The first-order valence-electron chi connectivity index (χ1n) is 4.14. The number of hydrogen-bond acceptors (Lipinski definition) is 4. The summed E-state index contributed by atoms with van der Waals surface area (Å²) in [7, 11) is 0. The number of carbonyl (C=O) groups excluding carboxylic acids is 1. The van der Waals surface area contributed by atoms with E-state index in [1.54, 1.807) is 6.20 Å². The molecule has 0 aromatic carbocycles. The molecule has 0 bridgehead atoms. The molecule has 4 nitrogen and oxygen atoms in total. The predicted molar refractivity (Wildman–Crippen MR) is 48.5 cm³/mol. The van der Waals surface area contributed by atoms with E-state index in [4.69, 9.17) is 4.84 Å². The maximum Gasteiger partial charge on any atom is 0.289 e. The molecule has 0 radical (unpaired) electrons. The Labute approximate surface area is 80.1 Å². The van der Waals surface area contributed by atoms with Gasteiger partial charge in [0, 0.05) is 0 Å². The molecule has 1 saturated heterocycles. The van der Waals surface area contributed by atoms with Gasteiger partial charge in [-0.25, -0.2) is 10.0 Å². The van der Waals surface area contributed by atoms with Crippen molar-refractivity contribution in [1.29, 1.82) is 0 Å². The normalized spacial score (nSPS) is 16.5. The number of aryl methyl sites for hydroxylation is 1. The number of rotatable bonds is 1. The monoisotopic (exact) mass is 198 g/mol. The number of carbonyl (C=O) groups is 1. The summed E-state index contributed by atoms with van der Waals surface area (Å²) in [4.78, 5) is 21.4. The largest absolute Gasteiger partial charge is 0.289 e. The Morgan fingerprint density at radius 1 is 1.77 bits per heavy atom. The zero-order valence-corrected chi connectivity index (χ0v) is 8.13. The lowest BCUT2D eigenvalue weighted by Crippen LogP contribution is -2.25. The molecule has 1 aromatic heterocycles. The molecule has 1 aliphatic heterocycles. The van der Waals surface area contributed by atoms with Crippen LogP contribution in [0.1, 0.15) is 21.1 Å². The van der Waals surface area contributed by atoms with Crippen molar-refractivity contribution in [3.05, 3.63) is 16.1 Å². The minimum Gasteiger partial charge on any atom is -0.271 e. The number of amides is 1. The van der Waals surface area contributed by atoms with Crippen LogP contribution in [0.25, 0.3) is 0 Å². The first kappa shape index (κ1) is 8.65. The van der Waals surface area contributed by atoms with Crippen molar-refractivity contribution in [3.63, 3.8) is 0 Å². The molecule has 0 unspecified atom stereocenters. The highest BCUT2D eigenvalue weighted by Gasteiger charge is 2.22. The fourth-order valence-electron chi connectivity index (χ4n) is 1.19. The third kappa shape index (κ3) is 1.71. The lowest BCUT2D eigenvalue weighted by atomic mass is 10.4. The van der Waals surface area contributed by atoms with Crippen molar-refractivity contribution in [2.75, 3.05) is 13.2 Å². The summed E-state index contributed by atoms with van der Waals surface area (Å²) in [5.41, 5.74) is 0. The van der Waals surface area contributed by atoms with Crippen LogP contribution in [0.3, 0.4) is 0 Å². The number of hydroxylamine groups is 2. The maximum absolute atomic E-state index is 11.6. The van der Waals surface area contributed by atoms with Crippen LogP contribution in [0.15, 0.2) is 6.20 Å². The fraction of sp³-hybridized carbons (Fsp3) is 0.500. The van der Waals surface area contributed by atoms with E-state index in [-0.39, 0.29) is 5.91 Å². The van der Waals surface area contributed by atoms with Crippen LogP contribution in [0.4, 0.5) is 0 Å². The van der Waals surface area contributed by atoms with Gasteiger partial charge in [-0.3, -0.25) is 9.63 Å². The summed E-state index contributed by atoms with van der Waals surface area (Å²) in [6.07, 6.45) is 2.52. The molecule has 1 aromatic rings. The van der Waals surface area contributed by atoms with E-state index in [2.05, 4.69) is 4.98 Å². The van der Waals surface area contributed by atoms with Crippen LogP contribution in [0, 0.1) is 6.92 Å². The molecule has 0 saturated carbocycles. The summed E-state index contributed by atoms with van der Waals surface area (Å²) < 4.78 is 0. The molecule has 0 atom stereocenters. The molecule has 70 valence electrons. The van der Waals surface area contributed by atoms with Gasteiger partial charge in [-0.05, 0) is 13.3 Å². The Hall–Kier alpha value is -0.940. The predicted octanol–water partition coefficient (Wildman–Crippen LogP) is 1.23. The summed E-state index contributed by atoms with van der Waals surface area (Å²) in [6.45, 7) is 3.21. The van der Waals surface area contributed by atoms with Crippen LogP contribution in [0.5, 0.6) is 0 Å². The summed E-state index contributed by atoms with van der Waals surface area (Å²) >= 11 is 1.40. The van der Waals surface area contributed by atoms with Crippen molar-refractivity contribution in [1.82, 2.24) is 10.0 Å². The molecular formula is C8H10N2O2S. The lowest BCUT2D eigenvalue weighted by Gasteiger charge is -2.11. The van der Waals surface area contributed by atoms with Crippen molar-refractivity contribution in [3.8, 4) is 0 Å². The van der Waals surface area contributed by atoms with Gasteiger partial charge in [0.05, 0.1) is 24.4 Å². The third-order valence-corrected chi connectivity index (χ3v) is 2.71. The van der Waals surface area contributed by atoms with Gasteiger partial charge >= 0.3 is 0 Å². The van der Waals surface area contributed by atoms with E-state index in [1.165, 1.54) is 16.4 Å². The lowest BCUT2D eigenvalue weighted by molar-refractivity contribution is -0.0765. The smallest absolute Gasteiger partial charge is 0.271 e. The van der Waals surface area contributed by atoms with E-state index in [0.29, 0.717) is 18.0 Å². The Balaban J connectivity index is 2.12. The van der Waals surface area contributed by atoms with Gasteiger partial charge < -0.3 is 0 Å². The summed E-state index contributed by atoms with van der Waals surface area (Å²) in [5, 5.41) is 2.31. The van der Waals surface area contributed by atoms with Crippen LogP contribution in [0.2, 0.25) is 0 Å². The highest BCUT2D eigenvalue weighted by atomic mass is 32.1. The van der Waals surface area contributed by atoms with Crippen molar-refractivity contribution >= 4 is 17.2 Å². The molecule has 0 spiro atoms. The van der Waals surface area contributed by atoms with Crippen molar-refractivity contribution in [2.45, 2.75) is 13.3 Å². The average molecular weight is 198 g/mol. The molecule has 0 aliphatic carbocycles. The summed E-state index contributed by atoms with van der Waals surface area (Å²) in [6, 6.07) is 0. The van der Waals surface area contributed by atoms with E-state index in [1.807, 2.05) is 6.92 Å². The van der Waals surface area contributed by atoms with Crippen LogP contribution < -0.4 is 0 Å². The van der Waals surface area contributed by atoms with Crippen molar-refractivity contribution < 1.29 is 9.63 Å². The molecule has 2 rings (SSSR count). The van der Waals surface area contributed by atoms with Crippen LogP contribution in [-0.2, 0) is 4.84 Å². The molecular weight excluding hydrogens is 188 g/mol. The standard InChI is InChI=1S/C8H10N2O2S/c1-6-9-5-7(13-6)8(11)10-3-2-4-12-10/h5H,2-4H2,1H3. The Morgan fingerprint density at radius 3 is 3.15 bits per heavy atom. The third-order valence-electron chi connectivity index (χ3n) is 1.81. The number of thiazole rings is 1. The molecule has 1 aliphatic rings. The topological polar surface area (TPSA) is 42.4 Å². The van der Waals surface area contributed by atoms with Gasteiger partial charge in [0.2, 0.25) is 0 Å². The first-order chi connectivity index (χ1) is 6.27. The number of hydrogen-bond donors (Lipinski definition) is 0. The Morgan fingerprint density at radius 2 is 2.62 bits per heavy atom. The van der Waals surface area contributed by atoms with E-state index >= 15 is 0 Å². The van der Waals surface area contributed by atoms with Gasteiger partial charge in [0.15, 0.2) is 0 Å². The second-order valence-electron chi connectivity index (χ2n) is 2.84. The molecule has 5 heteroatoms. The minimum absolute atomic E-state index is 0.0666. The van der Waals surface area contributed by atoms with Gasteiger partial charge in [-0.2, -0.15) is 0 Å².